The Hall–Kier alpha value is 1.51. The van der Waals surface area contributed by atoms with Crippen molar-refractivity contribution in [2.45, 2.75) is 34.1 Å². The Labute approximate surface area is 121 Å². The third-order valence-corrected chi connectivity index (χ3v) is 1.22. The molecule has 0 spiro atoms. The molecular formula is C9H20NRb. The summed E-state index contributed by atoms with van der Waals surface area (Å²) >= 11 is 0. The van der Waals surface area contributed by atoms with E-state index >= 15 is 0 Å². The first-order valence-electron chi connectivity index (χ1n) is 3.98. The number of rotatable bonds is 3. The summed E-state index contributed by atoms with van der Waals surface area (Å²) in [5, 5.41) is 3.98. The molecule has 0 amide bonds. The minimum absolute atomic E-state index is 0. The number of hydrogen-bond donors (Lipinski definition) is 0. The molecule has 0 saturated carbocycles. The molecular weight excluding hydrogens is 208 g/mol. The Bertz CT molecular complexity index is 79.6. The normalized spacial score (nSPS) is 9.36. The Morgan fingerprint density at radius 3 is 2.09 bits per heavy atom. The van der Waals surface area contributed by atoms with Crippen molar-refractivity contribution in [3.63, 3.8) is 0 Å². The summed E-state index contributed by atoms with van der Waals surface area (Å²) in [5.41, 5.74) is 1.43. The van der Waals surface area contributed by atoms with Gasteiger partial charge in [0.1, 0.15) is 0 Å². The number of hydrogen-bond acceptors (Lipinski definition) is 0. The smallest absolute Gasteiger partial charge is 0.665 e. The molecule has 0 unspecified atom stereocenters. The van der Waals surface area contributed by atoms with Gasteiger partial charge in [0.2, 0.25) is 0 Å². The molecule has 0 heterocycles. The van der Waals surface area contributed by atoms with Gasteiger partial charge in [-0.25, -0.2) is 0 Å². The van der Waals surface area contributed by atoms with Gasteiger partial charge in [-0.15, -0.1) is 6.54 Å². The largest absolute Gasteiger partial charge is 1.00 e. The van der Waals surface area contributed by atoms with Crippen LogP contribution in [0.15, 0.2) is 11.6 Å². The van der Waals surface area contributed by atoms with E-state index in [1.54, 1.807) is 0 Å². The van der Waals surface area contributed by atoms with Crippen molar-refractivity contribution in [1.82, 2.24) is 0 Å². The van der Waals surface area contributed by atoms with Crippen LogP contribution in [-0.2, 0) is 0 Å². The molecule has 0 aliphatic rings. The van der Waals surface area contributed by atoms with Crippen LogP contribution in [0.3, 0.4) is 0 Å². The van der Waals surface area contributed by atoms with E-state index in [9.17, 15) is 0 Å². The molecule has 0 aliphatic heterocycles. The summed E-state index contributed by atoms with van der Waals surface area (Å²) in [7, 11) is 1.85. The Morgan fingerprint density at radius 2 is 1.82 bits per heavy atom. The van der Waals surface area contributed by atoms with E-state index < -0.39 is 0 Å². The van der Waals surface area contributed by atoms with Crippen LogP contribution in [0.4, 0.5) is 0 Å². The molecule has 0 radical (unpaired) electrons. The van der Waals surface area contributed by atoms with E-state index in [2.05, 4.69) is 25.2 Å². The summed E-state index contributed by atoms with van der Waals surface area (Å²) < 4.78 is 0. The van der Waals surface area contributed by atoms with Gasteiger partial charge in [-0.1, -0.05) is 31.9 Å². The van der Waals surface area contributed by atoms with Gasteiger partial charge in [0, 0.05) is 0 Å². The second kappa shape index (κ2) is 17.6. The van der Waals surface area contributed by atoms with Gasteiger partial charge in [-0.05, 0) is 13.8 Å². The van der Waals surface area contributed by atoms with Gasteiger partial charge in [0.05, 0.1) is 0 Å². The van der Waals surface area contributed by atoms with Crippen LogP contribution in [0.1, 0.15) is 34.1 Å². The van der Waals surface area contributed by atoms with Crippen LogP contribution in [0.2, 0.25) is 0 Å². The molecule has 0 atom stereocenters. The van der Waals surface area contributed by atoms with Crippen molar-refractivity contribution in [3.8, 4) is 0 Å². The third kappa shape index (κ3) is 18.5. The fourth-order valence-electron chi connectivity index (χ4n) is 0.432. The third-order valence-electron chi connectivity index (χ3n) is 1.22. The summed E-state index contributed by atoms with van der Waals surface area (Å²) in [6, 6.07) is 0. The van der Waals surface area contributed by atoms with Gasteiger partial charge >= 0.3 is 58.2 Å². The topological polar surface area (TPSA) is 14.1 Å². The fraction of sp³-hybridized carbons (Fsp3) is 0.778. The molecule has 0 rings (SSSR count). The molecule has 0 saturated heterocycles. The Morgan fingerprint density at radius 1 is 1.36 bits per heavy atom. The van der Waals surface area contributed by atoms with E-state index in [1.165, 1.54) is 5.57 Å². The second-order valence-corrected chi connectivity index (χ2v) is 1.92. The molecule has 0 bridgehead atoms. The van der Waals surface area contributed by atoms with Crippen LogP contribution in [-0.4, -0.2) is 13.6 Å². The maximum absolute atomic E-state index is 3.98. The number of nitrogens with zero attached hydrogens (tertiary/aromatic N) is 1. The maximum atomic E-state index is 3.98. The molecule has 11 heavy (non-hydrogen) atoms. The van der Waals surface area contributed by atoms with E-state index in [-0.39, 0.29) is 58.2 Å². The minimum Gasteiger partial charge on any atom is -0.665 e. The summed E-state index contributed by atoms with van der Waals surface area (Å²) in [4.78, 5) is 0. The second-order valence-electron chi connectivity index (χ2n) is 1.92. The first kappa shape index (κ1) is 18.3. The number of allylic oxidation sites excluding steroid dienone is 1. The van der Waals surface area contributed by atoms with Gasteiger partial charge in [-0.3, -0.25) is 0 Å². The van der Waals surface area contributed by atoms with Crippen LogP contribution < -0.4 is 58.2 Å². The average molecular weight is 228 g/mol. The maximum Gasteiger partial charge on any atom is 1.00 e. The predicted octanol–water partition coefficient (Wildman–Crippen LogP) is 0.376. The van der Waals surface area contributed by atoms with E-state index in [0.29, 0.717) is 0 Å². The van der Waals surface area contributed by atoms with Crippen molar-refractivity contribution in [2.75, 3.05) is 13.6 Å². The van der Waals surface area contributed by atoms with Crippen molar-refractivity contribution in [1.29, 1.82) is 0 Å². The zero-order chi connectivity index (χ0) is 8.41. The summed E-state index contributed by atoms with van der Waals surface area (Å²) in [6.45, 7) is 9.16. The van der Waals surface area contributed by atoms with Gasteiger partial charge in [0.25, 0.3) is 0 Å². The SMILES string of the molecule is C/C=C(/C)CC[N-]C.CC.[Rb+]. The molecule has 0 aliphatic carbocycles. The molecule has 0 aromatic rings. The summed E-state index contributed by atoms with van der Waals surface area (Å²) in [6.07, 6.45) is 3.25. The standard InChI is InChI=1S/C7H14N.C2H6.Rb/c1-4-7(2)5-6-8-3;1-2;/h4H,5-6H2,1-3H3;1-2H3;/q-1;;+1/b7-4-;;. The van der Waals surface area contributed by atoms with Crippen LogP contribution in [0.5, 0.6) is 0 Å². The van der Waals surface area contributed by atoms with E-state index in [4.69, 9.17) is 0 Å². The molecule has 0 aromatic heterocycles. The zero-order valence-corrected chi connectivity index (χ0v) is 13.9. The van der Waals surface area contributed by atoms with Crippen molar-refractivity contribution < 1.29 is 58.2 Å². The molecule has 2 heteroatoms. The average Bonchev–Trinajstić information content (AvgIpc) is 2.04. The fourth-order valence-corrected chi connectivity index (χ4v) is 0.432. The Balaban J connectivity index is -0.000000196. The van der Waals surface area contributed by atoms with Crippen molar-refractivity contribution in [2.24, 2.45) is 0 Å². The van der Waals surface area contributed by atoms with E-state index in [1.807, 2.05) is 20.9 Å². The van der Waals surface area contributed by atoms with Crippen LogP contribution in [0.25, 0.3) is 5.32 Å². The van der Waals surface area contributed by atoms with Crippen molar-refractivity contribution in [3.05, 3.63) is 17.0 Å². The molecule has 1 nitrogen and oxygen atoms in total. The molecule has 0 N–H and O–H groups in total. The Kier molecular flexibility index (Phi) is 29.2. The molecule has 62 valence electrons. The predicted molar refractivity (Wildman–Crippen MR) is 49.5 cm³/mol. The van der Waals surface area contributed by atoms with Crippen LogP contribution in [0, 0.1) is 0 Å². The molecule has 0 fully saturated rings. The van der Waals surface area contributed by atoms with Crippen molar-refractivity contribution >= 4 is 0 Å². The summed E-state index contributed by atoms with van der Waals surface area (Å²) in [5.74, 6) is 0. The van der Waals surface area contributed by atoms with Gasteiger partial charge in [-0.2, -0.15) is 7.05 Å². The van der Waals surface area contributed by atoms with Crippen LogP contribution >= 0.6 is 0 Å². The molecule has 0 aromatic carbocycles. The minimum atomic E-state index is 0. The van der Waals surface area contributed by atoms with Gasteiger partial charge < -0.3 is 5.32 Å². The van der Waals surface area contributed by atoms with Gasteiger partial charge in [0.15, 0.2) is 0 Å². The van der Waals surface area contributed by atoms with E-state index in [0.717, 1.165) is 13.0 Å². The monoisotopic (exact) mass is 227 g/mol. The quantitative estimate of drug-likeness (QED) is 0.619. The first-order valence-corrected chi connectivity index (χ1v) is 3.98. The zero-order valence-electron chi connectivity index (χ0n) is 8.94. The first-order chi connectivity index (χ1) is 4.81.